The summed E-state index contributed by atoms with van der Waals surface area (Å²) in [6.45, 7) is 3.20. The smallest absolute Gasteiger partial charge is 0.127 e. The maximum Gasteiger partial charge on any atom is 0.127 e. The molecule has 3 nitrogen and oxygen atoms in total. The van der Waals surface area contributed by atoms with Gasteiger partial charge in [-0.1, -0.05) is 6.07 Å². The minimum absolute atomic E-state index is 0.00282. The van der Waals surface area contributed by atoms with E-state index in [4.69, 9.17) is 15.2 Å². The van der Waals surface area contributed by atoms with Crippen LogP contribution in [0, 0.1) is 5.82 Å². The zero-order valence-corrected chi connectivity index (χ0v) is 9.99. The zero-order chi connectivity index (χ0) is 12.3. The quantitative estimate of drug-likeness (QED) is 0.881. The molecule has 1 aliphatic heterocycles. The highest BCUT2D eigenvalue weighted by Gasteiger charge is 2.18. The van der Waals surface area contributed by atoms with Crippen molar-refractivity contribution in [1.29, 1.82) is 0 Å². The van der Waals surface area contributed by atoms with E-state index in [9.17, 15) is 4.39 Å². The Morgan fingerprint density at radius 3 is 3.00 bits per heavy atom. The van der Waals surface area contributed by atoms with Gasteiger partial charge in [-0.05, 0) is 25.8 Å². The van der Waals surface area contributed by atoms with Crippen molar-refractivity contribution in [3.63, 3.8) is 0 Å². The van der Waals surface area contributed by atoms with Crippen LogP contribution >= 0.6 is 0 Å². The van der Waals surface area contributed by atoms with Crippen LogP contribution < -0.4 is 10.5 Å². The molecule has 94 valence electrons. The van der Waals surface area contributed by atoms with E-state index >= 15 is 0 Å². The summed E-state index contributed by atoms with van der Waals surface area (Å²) >= 11 is 0. The normalized spacial score (nSPS) is 22.2. The van der Waals surface area contributed by atoms with Crippen molar-refractivity contribution in [2.75, 3.05) is 13.2 Å². The molecule has 1 heterocycles. The maximum atomic E-state index is 13.2. The van der Waals surface area contributed by atoms with Crippen molar-refractivity contribution in [1.82, 2.24) is 0 Å². The Morgan fingerprint density at radius 2 is 2.35 bits per heavy atom. The Balaban J connectivity index is 2.14. The van der Waals surface area contributed by atoms with Gasteiger partial charge in [0.1, 0.15) is 17.7 Å². The average molecular weight is 239 g/mol. The summed E-state index contributed by atoms with van der Waals surface area (Å²) in [7, 11) is 0. The third-order valence-corrected chi connectivity index (χ3v) is 2.88. The largest absolute Gasteiger partial charge is 0.488 e. The molecular weight excluding hydrogens is 221 g/mol. The lowest BCUT2D eigenvalue weighted by atomic mass is 10.1. The highest BCUT2D eigenvalue weighted by molar-refractivity contribution is 5.36. The molecule has 1 aromatic rings. The van der Waals surface area contributed by atoms with Crippen LogP contribution in [0.1, 0.15) is 31.4 Å². The molecule has 0 aromatic heterocycles. The standard InChI is InChI=1S/C13H18FNO2/c1-9(15)12-5-4-10(14)7-13(12)17-11-3-2-6-16-8-11/h4-5,7,9,11H,2-3,6,8,15H2,1H3/t9-,11?/m0/s1. The van der Waals surface area contributed by atoms with E-state index < -0.39 is 0 Å². The van der Waals surface area contributed by atoms with Gasteiger partial charge >= 0.3 is 0 Å². The summed E-state index contributed by atoms with van der Waals surface area (Å²) in [6, 6.07) is 4.31. The molecular formula is C13H18FNO2. The second-order valence-corrected chi connectivity index (χ2v) is 4.43. The van der Waals surface area contributed by atoms with E-state index in [1.807, 2.05) is 6.92 Å². The SMILES string of the molecule is C[C@H](N)c1ccc(F)cc1OC1CCCOC1. The van der Waals surface area contributed by atoms with Crippen molar-refractivity contribution >= 4 is 0 Å². The second-order valence-electron chi connectivity index (χ2n) is 4.43. The minimum Gasteiger partial charge on any atom is -0.488 e. The van der Waals surface area contributed by atoms with Crippen molar-refractivity contribution in [2.24, 2.45) is 5.73 Å². The predicted octanol–water partition coefficient (Wildman–Crippen LogP) is 2.40. The lowest BCUT2D eigenvalue weighted by Gasteiger charge is -2.25. The highest BCUT2D eigenvalue weighted by atomic mass is 19.1. The first-order valence-electron chi connectivity index (χ1n) is 5.96. The molecule has 2 atom stereocenters. The van der Waals surface area contributed by atoms with Gasteiger partial charge in [0.25, 0.3) is 0 Å². The summed E-state index contributed by atoms with van der Waals surface area (Å²) in [5.41, 5.74) is 6.67. The van der Waals surface area contributed by atoms with Crippen LogP contribution in [0.3, 0.4) is 0 Å². The summed E-state index contributed by atoms with van der Waals surface area (Å²) in [4.78, 5) is 0. The third-order valence-electron chi connectivity index (χ3n) is 2.88. The molecule has 4 heteroatoms. The third kappa shape index (κ3) is 3.17. The van der Waals surface area contributed by atoms with Crippen LogP contribution in [0.2, 0.25) is 0 Å². The van der Waals surface area contributed by atoms with Crippen molar-refractivity contribution in [2.45, 2.75) is 31.9 Å². The van der Waals surface area contributed by atoms with Gasteiger partial charge in [-0.15, -0.1) is 0 Å². The zero-order valence-electron chi connectivity index (χ0n) is 9.99. The van der Waals surface area contributed by atoms with Gasteiger partial charge in [-0.3, -0.25) is 0 Å². The van der Waals surface area contributed by atoms with E-state index in [0.29, 0.717) is 12.4 Å². The fourth-order valence-electron chi connectivity index (χ4n) is 1.97. The van der Waals surface area contributed by atoms with Crippen LogP contribution in [-0.4, -0.2) is 19.3 Å². The summed E-state index contributed by atoms with van der Waals surface area (Å²) in [6.07, 6.45) is 1.92. The second kappa shape index (κ2) is 5.47. The molecule has 1 aromatic carbocycles. The van der Waals surface area contributed by atoms with Crippen LogP contribution in [0.5, 0.6) is 5.75 Å². The molecule has 2 rings (SSSR count). The number of halogens is 1. The predicted molar refractivity (Wildman–Crippen MR) is 63.5 cm³/mol. The number of benzene rings is 1. The number of hydrogen-bond acceptors (Lipinski definition) is 3. The number of ether oxygens (including phenoxy) is 2. The Labute approximate surface area is 101 Å². The topological polar surface area (TPSA) is 44.5 Å². The van der Waals surface area contributed by atoms with Crippen LogP contribution in [-0.2, 0) is 4.74 Å². The van der Waals surface area contributed by atoms with Crippen LogP contribution in [0.4, 0.5) is 4.39 Å². The highest BCUT2D eigenvalue weighted by Crippen LogP contribution is 2.27. The Kier molecular flexibility index (Phi) is 3.97. The number of nitrogens with two attached hydrogens (primary N) is 1. The van der Waals surface area contributed by atoms with Crippen molar-refractivity contribution in [3.05, 3.63) is 29.6 Å². The molecule has 0 amide bonds. The molecule has 0 bridgehead atoms. The van der Waals surface area contributed by atoms with Gasteiger partial charge in [0.15, 0.2) is 0 Å². The lowest BCUT2D eigenvalue weighted by molar-refractivity contribution is 0.00681. The molecule has 0 spiro atoms. The van der Waals surface area contributed by atoms with Crippen molar-refractivity contribution in [3.8, 4) is 5.75 Å². The molecule has 0 radical (unpaired) electrons. The first-order valence-corrected chi connectivity index (χ1v) is 5.96. The van der Waals surface area contributed by atoms with Crippen LogP contribution in [0.15, 0.2) is 18.2 Å². The summed E-state index contributed by atoms with van der Waals surface area (Å²) in [5.74, 6) is 0.233. The first-order chi connectivity index (χ1) is 8.16. The first kappa shape index (κ1) is 12.3. The van der Waals surface area contributed by atoms with Crippen LogP contribution in [0.25, 0.3) is 0 Å². The van der Waals surface area contributed by atoms with Crippen molar-refractivity contribution < 1.29 is 13.9 Å². The molecule has 1 saturated heterocycles. The fraction of sp³-hybridized carbons (Fsp3) is 0.538. The van der Waals surface area contributed by atoms with Gasteiger partial charge < -0.3 is 15.2 Å². The monoisotopic (exact) mass is 239 g/mol. The van der Waals surface area contributed by atoms with E-state index in [2.05, 4.69) is 0 Å². The maximum absolute atomic E-state index is 13.2. The van der Waals surface area contributed by atoms with E-state index in [1.54, 1.807) is 6.07 Å². The molecule has 1 aliphatic rings. The summed E-state index contributed by atoms with van der Waals surface area (Å²) < 4.78 is 24.3. The average Bonchev–Trinajstić information content (AvgIpc) is 2.30. The van der Waals surface area contributed by atoms with E-state index in [1.165, 1.54) is 12.1 Å². The Morgan fingerprint density at radius 1 is 1.53 bits per heavy atom. The Bertz CT molecular complexity index is 376. The molecule has 0 aliphatic carbocycles. The lowest BCUT2D eigenvalue weighted by Crippen LogP contribution is -2.28. The van der Waals surface area contributed by atoms with Gasteiger partial charge in [-0.2, -0.15) is 0 Å². The molecule has 1 unspecified atom stereocenters. The van der Waals surface area contributed by atoms with E-state index in [0.717, 1.165) is 25.0 Å². The van der Waals surface area contributed by atoms with E-state index in [-0.39, 0.29) is 18.0 Å². The summed E-state index contributed by atoms with van der Waals surface area (Å²) in [5, 5.41) is 0. The van der Waals surface area contributed by atoms with Gasteiger partial charge in [-0.25, -0.2) is 4.39 Å². The number of hydrogen-bond donors (Lipinski definition) is 1. The Hall–Kier alpha value is -1.13. The van der Waals surface area contributed by atoms with Gasteiger partial charge in [0.2, 0.25) is 0 Å². The number of rotatable bonds is 3. The molecule has 2 N–H and O–H groups in total. The molecule has 0 saturated carbocycles. The molecule has 1 fully saturated rings. The van der Waals surface area contributed by atoms with Gasteiger partial charge in [0.05, 0.1) is 6.61 Å². The van der Waals surface area contributed by atoms with Gasteiger partial charge in [0, 0.05) is 24.3 Å². The fourth-order valence-corrected chi connectivity index (χ4v) is 1.97. The minimum atomic E-state index is -0.305. The molecule has 17 heavy (non-hydrogen) atoms.